The van der Waals surface area contributed by atoms with Crippen LogP contribution >= 0.6 is 0 Å². The minimum atomic E-state index is -0.833. The number of carboxylic acid groups (broad SMARTS) is 1. The van der Waals surface area contributed by atoms with Crippen molar-refractivity contribution in [2.75, 3.05) is 0 Å². The Kier molecular flexibility index (Phi) is 3.97. The molecule has 5 nitrogen and oxygen atoms in total. The van der Waals surface area contributed by atoms with Gasteiger partial charge in [-0.15, -0.1) is 0 Å². The van der Waals surface area contributed by atoms with E-state index < -0.39 is 12.1 Å². The van der Waals surface area contributed by atoms with Crippen LogP contribution in [0.4, 0.5) is 0 Å². The van der Waals surface area contributed by atoms with Gasteiger partial charge in [-0.1, -0.05) is 0 Å². The normalized spacial score (nSPS) is 20.5. The predicted molar refractivity (Wildman–Crippen MR) is 44.2 cm³/mol. The Balaban J connectivity index is 0.000000310. The SMILES string of the molecule is CC(=O)O.CC1=C(O)C(=O)C(C)O1. The van der Waals surface area contributed by atoms with Gasteiger partial charge in [0.2, 0.25) is 11.5 Å². The molecule has 5 heteroatoms. The summed E-state index contributed by atoms with van der Waals surface area (Å²) in [6, 6.07) is 0. The van der Waals surface area contributed by atoms with E-state index in [1.165, 1.54) is 0 Å². The van der Waals surface area contributed by atoms with E-state index >= 15 is 0 Å². The van der Waals surface area contributed by atoms with E-state index in [0.29, 0.717) is 5.76 Å². The third-order valence-corrected chi connectivity index (χ3v) is 1.29. The van der Waals surface area contributed by atoms with Crippen molar-refractivity contribution < 1.29 is 24.5 Å². The summed E-state index contributed by atoms with van der Waals surface area (Å²) in [5.41, 5.74) is 0. The molecule has 1 heterocycles. The number of carbonyl (C=O) groups excluding carboxylic acids is 1. The van der Waals surface area contributed by atoms with Gasteiger partial charge in [0, 0.05) is 6.92 Å². The van der Waals surface area contributed by atoms with E-state index in [1.807, 2.05) is 0 Å². The smallest absolute Gasteiger partial charge is 0.300 e. The highest BCUT2D eigenvalue weighted by molar-refractivity contribution is 5.98. The fourth-order valence-electron chi connectivity index (χ4n) is 0.741. The van der Waals surface area contributed by atoms with E-state index in [0.717, 1.165) is 6.92 Å². The maximum atomic E-state index is 10.7. The number of ketones is 1. The molecule has 2 N–H and O–H groups in total. The van der Waals surface area contributed by atoms with Crippen LogP contribution in [-0.4, -0.2) is 28.1 Å². The maximum absolute atomic E-state index is 10.7. The van der Waals surface area contributed by atoms with Crippen LogP contribution in [0, 0.1) is 0 Å². The summed E-state index contributed by atoms with van der Waals surface area (Å²) in [7, 11) is 0. The van der Waals surface area contributed by atoms with Gasteiger partial charge in [-0.2, -0.15) is 0 Å². The minimum Gasteiger partial charge on any atom is -0.502 e. The zero-order chi connectivity index (χ0) is 10.6. The fourth-order valence-corrected chi connectivity index (χ4v) is 0.741. The van der Waals surface area contributed by atoms with Gasteiger partial charge in [-0.25, -0.2) is 0 Å². The molecule has 0 bridgehead atoms. The average molecular weight is 188 g/mol. The number of Topliss-reactive ketones (excluding diaryl/α,β-unsaturated/α-hetero) is 1. The lowest BCUT2D eigenvalue weighted by Crippen LogP contribution is -2.12. The Morgan fingerprint density at radius 1 is 1.54 bits per heavy atom. The molecule has 0 saturated carbocycles. The third kappa shape index (κ3) is 3.59. The molecule has 0 radical (unpaired) electrons. The number of aliphatic hydroxyl groups excluding tert-OH is 1. The molecule has 0 saturated heterocycles. The third-order valence-electron chi connectivity index (χ3n) is 1.29. The van der Waals surface area contributed by atoms with E-state index in [1.54, 1.807) is 13.8 Å². The Hall–Kier alpha value is -1.52. The first-order chi connectivity index (χ1) is 5.86. The molecule has 0 amide bonds. The lowest BCUT2D eigenvalue weighted by molar-refractivity contribution is -0.134. The number of aliphatic hydroxyl groups is 1. The molecule has 1 aliphatic heterocycles. The summed E-state index contributed by atoms with van der Waals surface area (Å²) >= 11 is 0. The molecule has 1 aliphatic rings. The first-order valence-corrected chi connectivity index (χ1v) is 3.66. The first kappa shape index (κ1) is 11.5. The molecular weight excluding hydrogens is 176 g/mol. The molecule has 0 aromatic heterocycles. The van der Waals surface area contributed by atoms with Gasteiger partial charge in [0.1, 0.15) is 5.76 Å². The Morgan fingerprint density at radius 2 is 1.92 bits per heavy atom. The molecule has 1 atom stereocenters. The van der Waals surface area contributed by atoms with Crippen LogP contribution < -0.4 is 0 Å². The number of aliphatic carboxylic acids is 1. The molecule has 74 valence electrons. The van der Waals surface area contributed by atoms with Crippen LogP contribution in [0.25, 0.3) is 0 Å². The van der Waals surface area contributed by atoms with E-state index in [-0.39, 0.29) is 11.5 Å². The molecular formula is C8H12O5. The summed E-state index contributed by atoms with van der Waals surface area (Å²) < 4.78 is 4.87. The molecule has 0 spiro atoms. The van der Waals surface area contributed by atoms with Crippen molar-refractivity contribution in [2.24, 2.45) is 0 Å². The van der Waals surface area contributed by atoms with E-state index in [4.69, 9.17) is 19.7 Å². The van der Waals surface area contributed by atoms with Crippen LogP contribution in [0.15, 0.2) is 11.5 Å². The minimum absolute atomic E-state index is 0.234. The van der Waals surface area contributed by atoms with Gasteiger partial charge in [-0.05, 0) is 13.8 Å². The summed E-state index contributed by atoms with van der Waals surface area (Å²) in [6.07, 6.45) is -0.495. The van der Waals surface area contributed by atoms with Crippen molar-refractivity contribution in [1.29, 1.82) is 0 Å². The highest BCUT2D eigenvalue weighted by atomic mass is 16.5. The van der Waals surface area contributed by atoms with Crippen molar-refractivity contribution in [1.82, 2.24) is 0 Å². The molecule has 1 rings (SSSR count). The van der Waals surface area contributed by atoms with Gasteiger partial charge in [0.05, 0.1) is 0 Å². The van der Waals surface area contributed by atoms with Gasteiger partial charge in [0.25, 0.3) is 5.97 Å². The molecule has 1 unspecified atom stereocenters. The highest BCUT2D eigenvalue weighted by Crippen LogP contribution is 2.17. The Bertz CT molecular complexity index is 249. The summed E-state index contributed by atoms with van der Waals surface area (Å²) in [5, 5.41) is 16.3. The lowest BCUT2D eigenvalue weighted by Gasteiger charge is -1.99. The van der Waals surface area contributed by atoms with Gasteiger partial charge in [-0.3, -0.25) is 9.59 Å². The van der Waals surface area contributed by atoms with Crippen molar-refractivity contribution in [3.63, 3.8) is 0 Å². The summed E-state index contributed by atoms with van der Waals surface area (Å²) in [6.45, 7) is 4.26. The molecule has 0 aromatic carbocycles. The van der Waals surface area contributed by atoms with Gasteiger partial charge in [0.15, 0.2) is 6.10 Å². The van der Waals surface area contributed by atoms with Crippen molar-refractivity contribution >= 4 is 11.8 Å². The second-order valence-electron chi connectivity index (χ2n) is 2.55. The second kappa shape index (κ2) is 4.49. The topological polar surface area (TPSA) is 83.8 Å². The van der Waals surface area contributed by atoms with Gasteiger partial charge >= 0.3 is 0 Å². The van der Waals surface area contributed by atoms with Gasteiger partial charge < -0.3 is 14.9 Å². The summed E-state index contributed by atoms with van der Waals surface area (Å²) in [4.78, 5) is 19.7. The Labute approximate surface area is 75.6 Å². The van der Waals surface area contributed by atoms with Crippen LogP contribution in [0.1, 0.15) is 20.8 Å². The van der Waals surface area contributed by atoms with Crippen molar-refractivity contribution in [3.05, 3.63) is 11.5 Å². The monoisotopic (exact) mass is 188 g/mol. The number of ether oxygens (including phenoxy) is 1. The number of carbonyl (C=O) groups is 2. The van der Waals surface area contributed by atoms with Crippen molar-refractivity contribution in [2.45, 2.75) is 26.9 Å². The van der Waals surface area contributed by atoms with E-state index in [9.17, 15) is 4.79 Å². The first-order valence-electron chi connectivity index (χ1n) is 3.66. The number of hydrogen-bond acceptors (Lipinski definition) is 4. The molecule has 0 aromatic rings. The van der Waals surface area contributed by atoms with Crippen LogP contribution in [0.5, 0.6) is 0 Å². The zero-order valence-corrected chi connectivity index (χ0v) is 7.70. The van der Waals surface area contributed by atoms with Crippen molar-refractivity contribution in [3.8, 4) is 0 Å². The van der Waals surface area contributed by atoms with Crippen LogP contribution in [0.2, 0.25) is 0 Å². The number of hydrogen-bond donors (Lipinski definition) is 2. The number of allylic oxidation sites excluding steroid dienone is 1. The van der Waals surface area contributed by atoms with E-state index in [2.05, 4.69) is 0 Å². The van der Waals surface area contributed by atoms with Crippen LogP contribution in [-0.2, 0) is 14.3 Å². The van der Waals surface area contributed by atoms with Crippen LogP contribution in [0.3, 0.4) is 0 Å². The Morgan fingerprint density at radius 3 is 2.00 bits per heavy atom. The molecule has 13 heavy (non-hydrogen) atoms. The largest absolute Gasteiger partial charge is 0.502 e. The predicted octanol–water partition coefficient (Wildman–Crippen LogP) is 0.855. The molecule has 0 fully saturated rings. The maximum Gasteiger partial charge on any atom is 0.300 e. The second-order valence-corrected chi connectivity index (χ2v) is 2.55. The standard InChI is InChI=1S/C6H8O3.C2H4O2/c1-3-5(7)6(8)4(2)9-3;1-2(3)4/h3,8H,1-2H3;1H3,(H,3,4). The fraction of sp³-hybridized carbons (Fsp3) is 0.500. The number of rotatable bonds is 0. The summed E-state index contributed by atoms with van der Waals surface area (Å²) in [5.74, 6) is -1.07. The molecule has 0 aliphatic carbocycles. The highest BCUT2D eigenvalue weighted by Gasteiger charge is 2.28. The average Bonchev–Trinajstić information content (AvgIpc) is 2.17. The quantitative estimate of drug-likeness (QED) is 0.588. The lowest BCUT2D eigenvalue weighted by atomic mass is 10.2. The number of carboxylic acids is 1. The zero-order valence-electron chi connectivity index (χ0n) is 7.70.